The Morgan fingerprint density at radius 1 is 1.19 bits per heavy atom. The number of hydrogen-bond donors (Lipinski definition) is 1. The third kappa shape index (κ3) is 5.06. The molecule has 1 unspecified atom stereocenters. The number of carboxylic acids is 1. The van der Waals surface area contributed by atoms with Crippen molar-refractivity contribution in [3.8, 4) is 0 Å². The van der Waals surface area contributed by atoms with Gasteiger partial charge in [0, 0.05) is 38.6 Å². The molecule has 0 aliphatic heterocycles. The van der Waals surface area contributed by atoms with E-state index >= 15 is 0 Å². The van der Waals surface area contributed by atoms with E-state index in [0.717, 1.165) is 5.56 Å². The van der Waals surface area contributed by atoms with Gasteiger partial charge < -0.3 is 14.9 Å². The van der Waals surface area contributed by atoms with Gasteiger partial charge in [0.2, 0.25) is 0 Å². The highest BCUT2D eigenvalue weighted by atomic mass is 16.4. The van der Waals surface area contributed by atoms with Gasteiger partial charge in [-0.15, -0.1) is 0 Å². The maximum Gasteiger partial charge on any atom is 0.320 e. The molecule has 1 aromatic heterocycles. The van der Waals surface area contributed by atoms with Gasteiger partial charge in [-0.3, -0.25) is 9.78 Å². The van der Waals surface area contributed by atoms with E-state index in [0.29, 0.717) is 19.6 Å². The third-order valence-electron chi connectivity index (χ3n) is 3.34. The summed E-state index contributed by atoms with van der Waals surface area (Å²) in [5.41, 5.74) is 1.00. The van der Waals surface area contributed by atoms with Crippen molar-refractivity contribution in [1.82, 2.24) is 14.8 Å². The minimum Gasteiger partial charge on any atom is -0.481 e. The van der Waals surface area contributed by atoms with Gasteiger partial charge in [-0.1, -0.05) is 6.92 Å². The molecule has 116 valence electrons. The first-order valence-corrected chi connectivity index (χ1v) is 7.15. The van der Waals surface area contributed by atoms with Crippen molar-refractivity contribution < 1.29 is 14.7 Å². The molecule has 21 heavy (non-hydrogen) atoms. The van der Waals surface area contributed by atoms with E-state index in [1.54, 1.807) is 29.1 Å². The molecule has 1 aromatic rings. The highest BCUT2D eigenvalue weighted by Crippen LogP contribution is 2.09. The van der Waals surface area contributed by atoms with E-state index in [1.165, 1.54) is 0 Å². The Labute approximate surface area is 125 Å². The van der Waals surface area contributed by atoms with Crippen LogP contribution in [0.25, 0.3) is 0 Å². The Morgan fingerprint density at radius 3 is 2.24 bits per heavy atom. The summed E-state index contributed by atoms with van der Waals surface area (Å²) in [6.07, 6.45) is 3.38. The van der Waals surface area contributed by atoms with E-state index in [4.69, 9.17) is 5.11 Å². The van der Waals surface area contributed by atoms with E-state index in [2.05, 4.69) is 4.98 Å². The lowest BCUT2D eigenvalue weighted by Gasteiger charge is -2.30. The Hall–Kier alpha value is -2.11. The Kier molecular flexibility index (Phi) is 6.65. The molecule has 0 aromatic carbocycles. The van der Waals surface area contributed by atoms with Crippen molar-refractivity contribution in [3.63, 3.8) is 0 Å². The zero-order chi connectivity index (χ0) is 15.8. The predicted molar refractivity (Wildman–Crippen MR) is 79.8 cm³/mol. The third-order valence-corrected chi connectivity index (χ3v) is 3.34. The minimum atomic E-state index is -0.890. The van der Waals surface area contributed by atoms with E-state index in [-0.39, 0.29) is 12.6 Å². The quantitative estimate of drug-likeness (QED) is 0.835. The van der Waals surface area contributed by atoms with E-state index < -0.39 is 11.9 Å². The highest BCUT2D eigenvalue weighted by Gasteiger charge is 2.23. The fourth-order valence-corrected chi connectivity index (χ4v) is 1.97. The second-order valence-electron chi connectivity index (χ2n) is 4.93. The van der Waals surface area contributed by atoms with Crippen LogP contribution in [-0.4, -0.2) is 51.5 Å². The van der Waals surface area contributed by atoms with Crippen LogP contribution in [0, 0.1) is 5.92 Å². The molecule has 0 aliphatic carbocycles. The molecule has 2 amide bonds. The summed E-state index contributed by atoms with van der Waals surface area (Å²) in [7, 11) is 0. The molecule has 1 N–H and O–H groups in total. The molecule has 0 bridgehead atoms. The molecule has 1 rings (SSSR count). The first kappa shape index (κ1) is 16.9. The molecule has 0 aliphatic rings. The highest BCUT2D eigenvalue weighted by molar-refractivity contribution is 5.76. The first-order valence-electron chi connectivity index (χ1n) is 7.15. The zero-order valence-corrected chi connectivity index (χ0v) is 12.8. The lowest BCUT2D eigenvalue weighted by molar-refractivity contribution is -0.141. The summed E-state index contributed by atoms with van der Waals surface area (Å²) in [5, 5.41) is 8.98. The number of carbonyl (C=O) groups is 2. The van der Waals surface area contributed by atoms with Gasteiger partial charge in [-0.2, -0.15) is 0 Å². The Morgan fingerprint density at radius 2 is 1.76 bits per heavy atom. The predicted octanol–water partition coefficient (Wildman–Crippen LogP) is 2.07. The van der Waals surface area contributed by atoms with Crippen LogP contribution < -0.4 is 0 Å². The lowest BCUT2D eigenvalue weighted by Crippen LogP contribution is -2.45. The maximum atomic E-state index is 12.5. The van der Waals surface area contributed by atoms with Crippen molar-refractivity contribution in [1.29, 1.82) is 0 Å². The topological polar surface area (TPSA) is 73.7 Å². The molecule has 1 atom stereocenters. The van der Waals surface area contributed by atoms with Crippen LogP contribution in [0.15, 0.2) is 24.5 Å². The molecule has 6 nitrogen and oxygen atoms in total. The summed E-state index contributed by atoms with van der Waals surface area (Å²) >= 11 is 0. The second kappa shape index (κ2) is 8.24. The summed E-state index contributed by atoms with van der Waals surface area (Å²) in [6, 6.07) is 3.60. The first-order chi connectivity index (χ1) is 9.99. The minimum absolute atomic E-state index is 0.134. The van der Waals surface area contributed by atoms with Gasteiger partial charge in [0.15, 0.2) is 0 Å². The molecule has 0 fully saturated rings. The van der Waals surface area contributed by atoms with Gasteiger partial charge in [0.25, 0.3) is 0 Å². The van der Waals surface area contributed by atoms with Gasteiger partial charge in [-0.25, -0.2) is 4.79 Å². The maximum absolute atomic E-state index is 12.5. The van der Waals surface area contributed by atoms with Crippen molar-refractivity contribution in [3.05, 3.63) is 30.1 Å². The van der Waals surface area contributed by atoms with Crippen LogP contribution >= 0.6 is 0 Å². The van der Waals surface area contributed by atoms with Crippen LogP contribution in [0.5, 0.6) is 0 Å². The summed E-state index contributed by atoms with van der Waals surface area (Å²) in [4.78, 5) is 30.7. The number of nitrogens with zero attached hydrogens (tertiary/aromatic N) is 3. The molecule has 1 heterocycles. The van der Waals surface area contributed by atoms with Crippen molar-refractivity contribution >= 4 is 12.0 Å². The van der Waals surface area contributed by atoms with Crippen LogP contribution in [0.2, 0.25) is 0 Å². The van der Waals surface area contributed by atoms with Gasteiger partial charge >= 0.3 is 12.0 Å². The monoisotopic (exact) mass is 293 g/mol. The molecular weight excluding hydrogens is 270 g/mol. The average Bonchev–Trinajstić information content (AvgIpc) is 2.50. The average molecular weight is 293 g/mol. The van der Waals surface area contributed by atoms with Gasteiger partial charge in [-0.05, 0) is 31.5 Å². The molecule has 0 saturated heterocycles. The van der Waals surface area contributed by atoms with E-state index in [1.807, 2.05) is 26.0 Å². The summed E-state index contributed by atoms with van der Waals surface area (Å²) in [6.45, 7) is 7.15. The van der Waals surface area contributed by atoms with Crippen LogP contribution in [0.1, 0.15) is 26.3 Å². The number of amides is 2. The normalized spacial score (nSPS) is 11.8. The standard InChI is InChI=1S/C15H23N3O3/c1-4-17(10-12(3)14(19)20)15(21)18(5-2)11-13-6-8-16-9-7-13/h6-9,12H,4-5,10-11H2,1-3H3,(H,19,20). The largest absolute Gasteiger partial charge is 0.481 e. The molecule has 0 saturated carbocycles. The number of hydrogen-bond acceptors (Lipinski definition) is 3. The number of pyridine rings is 1. The van der Waals surface area contributed by atoms with Crippen LogP contribution in [-0.2, 0) is 11.3 Å². The molecule has 6 heteroatoms. The fraction of sp³-hybridized carbons (Fsp3) is 0.533. The van der Waals surface area contributed by atoms with Crippen LogP contribution in [0.4, 0.5) is 4.79 Å². The van der Waals surface area contributed by atoms with Crippen LogP contribution in [0.3, 0.4) is 0 Å². The number of aliphatic carboxylic acids is 1. The number of rotatable bonds is 7. The van der Waals surface area contributed by atoms with Crippen molar-refractivity contribution in [2.24, 2.45) is 5.92 Å². The van der Waals surface area contributed by atoms with E-state index in [9.17, 15) is 9.59 Å². The molecule has 0 radical (unpaired) electrons. The van der Waals surface area contributed by atoms with Crippen molar-refractivity contribution in [2.75, 3.05) is 19.6 Å². The number of carboxylic acid groups (broad SMARTS) is 1. The number of aromatic nitrogens is 1. The van der Waals surface area contributed by atoms with Crippen molar-refractivity contribution in [2.45, 2.75) is 27.3 Å². The fourth-order valence-electron chi connectivity index (χ4n) is 1.97. The van der Waals surface area contributed by atoms with Gasteiger partial charge in [0.1, 0.15) is 0 Å². The number of urea groups is 1. The lowest BCUT2D eigenvalue weighted by atomic mass is 10.2. The summed E-state index contributed by atoms with van der Waals surface area (Å²) in [5.74, 6) is -1.47. The SMILES string of the molecule is CCN(Cc1ccncc1)C(=O)N(CC)CC(C)C(=O)O. The van der Waals surface area contributed by atoms with Gasteiger partial charge in [0.05, 0.1) is 5.92 Å². The molecular formula is C15H23N3O3. The smallest absolute Gasteiger partial charge is 0.320 e. The zero-order valence-electron chi connectivity index (χ0n) is 12.8. The summed E-state index contributed by atoms with van der Waals surface area (Å²) < 4.78 is 0. The number of carbonyl (C=O) groups excluding carboxylic acids is 1. The Balaban J connectivity index is 2.73. The Bertz CT molecular complexity index is 464. The second-order valence-corrected chi connectivity index (χ2v) is 4.93. The molecule has 0 spiro atoms.